The number of nitrogens with one attached hydrogen (secondary N) is 1. The number of amides is 1. The number of benzene rings is 1. The second kappa shape index (κ2) is 5.09. The molecule has 0 aliphatic heterocycles. The summed E-state index contributed by atoms with van der Waals surface area (Å²) in [6.45, 7) is 0. The first kappa shape index (κ1) is 13.4. The predicted octanol–water partition coefficient (Wildman–Crippen LogP) is 1.75. The van der Waals surface area contributed by atoms with Crippen LogP contribution in [0.25, 0.3) is 6.08 Å². The average molecular weight is 265 g/mol. The average Bonchev–Trinajstić information content (AvgIpc) is 2.26. The molecule has 1 aromatic rings. The topological polar surface area (TPSA) is 48.1 Å². The predicted molar refractivity (Wildman–Crippen MR) is 54.8 cm³/mol. The van der Waals surface area contributed by atoms with E-state index in [4.69, 9.17) is 11.6 Å². The SMILES string of the molecule is O=[NH+]C(=O)/C=C/c1ccc(Cl)c(C(F)(F)F)c1. The summed E-state index contributed by atoms with van der Waals surface area (Å²) in [6, 6.07) is 3.15. The zero-order valence-electron chi connectivity index (χ0n) is 8.22. The van der Waals surface area contributed by atoms with E-state index < -0.39 is 22.7 Å². The Morgan fingerprint density at radius 3 is 2.53 bits per heavy atom. The van der Waals surface area contributed by atoms with E-state index in [2.05, 4.69) is 0 Å². The maximum Gasteiger partial charge on any atom is 0.455 e. The fourth-order valence-corrected chi connectivity index (χ4v) is 1.29. The van der Waals surface area contributed by atoms with Crippen molar-refractivity contribution in [2.75, 3.05) is 0 Å². The zero-order valence-corrected chi connectivity index (χ0v) is 8.97. The van der Waals surface area contributed by atoms with Gasteiger partial charge in [0.2, 0.25) is 0 Å². The molecule has 3 nitrogen and oxygen atoms in total. The molecule has 0 heterocycles. The largest absolute Gasteiger partial charge is 0.455 e. The van der Waals surface area contributed by atoms with E-state index in [9.17, 15) is 22.9 Å². The normalized spacial score (nSPS) is 11.8. The third-order valence-corrected chi connectivity index (χ3v) is 2.15. The van der Waals surface area contributed by atoms with E-state index in [-0.39, 0.29) is 5.56 Å². The van der Waals surface area contributed by atoms with Gasteiger partial charge in [0, 0.05) is 4.91 Å². The first-order valence-electron chi connectivity index (χ1n) is 4.31. The lowest BCUT2D eigenvalue weighted by Crippen LogP contribution is -2.68. The van der Waals surface area contributed by atoms with Gasteiger partial charge in [-0.25, -0.2) is 4.79 Å². The summed E-state index contributed by atoms with van der Waals surface area (Å²) in [5.74, 6) is -0.950. The number of nitroso groups, excluding NO2 is 1. The second-order valence-electron chi connectivity index (χ2n) is 3.04. The summed E-state index contributed by atoms with van der Waals surface area (Å²) in [4.78, 5) is 20.5. The third-order valence-electron chi connectivity index (χ3n) is 1.82. The van der Waals surface area contributed by atoms with Crippen LogP contribution < -0.4 is 5.18 Å². The highest BCUT2D eigenvalue weighted by atomic mass is 35.5. The van der Waals surface area contributed by atoms with Gasteiger partial charge in [0.1, 0.15) is 0 Å². The molecule has 0 bridgehead atoms. The monoisotopic (exact) mass is 264 g/mol. The molecule has 7 heteroatoms. The number of hydrogen-bond acceptors (Lipinski definition) is 2. The molecule has 1 aromatic carbocycles. The highest BCUT2D eigenvalue weighted by Crippen LogP contribution is 2.35. The van der Waals surface area contributed by atoms with E-state index in [1.165, 1.54) is 6.07 Å². The van der Waals surface area contributed by atoms with Gasteiger partial charge in [-0.3, -0.25) is 0 Å². The zero-order chi connectivity index (χ0) is 13.1. The summed E-state index contributed by atoms with van der Waals surface area (Å²) in [7, 11) is 0. The number of carbonyl (C=O) groups excluding carboxylic acids is 1. The van der Waals surface area contributed by atoms with Crippen LogP contribution in [-0.2, 0) is 11.0 Å². The molecule has 0 radical (unpaired) electrons. The van der Waals surface area contributed by atoms with E-state index in [0.717, 1.165) is 29.5 Å². The molecule has 0 saturated carbocycles. The summed E-state index contributed by atoms with van der Waals surface area (Å²) in [6.07, 6.45) is -2.66. The van der Waals surface area contributed by atoms with Gasteiger partial charge in [-0.1, -0.05) is 17.7 Å². The maximum absolute atomic E-state index is 12.5. The van der Waals surface area contributed by atoms with Gasteiger partial charge in [-0.2, -0.15) is 13.2 Å². The Kier molecular flexibility index (Phi) is 4.01. The molecule has 1 rings (SSSR count). The maximum atomic E-state index is 12.5. The van der Waals surface area contributed by atoms with Crippen molar-refractivity contribution >= 4 is 23.6 Å². The number of alkyl halides is 3. The second-order valence-corrected chi connectivity index (χ2v) is 3.44. The lowest BCUT2D eigenvalue weighted by Gasteiger charge is -2.09. The van der Waals surface area contributed by atoms with E-state index in [1.54, 1.807) is 0 Å². The van der Waals surface area contributed by atoms with Gasteiger partial charge < -0.3 is 0 Å². The van der Waals surface area contributed by atoms with Gasteiger partial charge in [0.05, 0.1) is 21.8 Å². The first-order valence-corrected chi connectivity index (χ1v) is 4.69. The Hall–Kier alpha value is -1.69. The van der Waals surface area contributed by atoms with E-state index in [1.807, 2.05) is 0 Å². The van der Waals surface area contributed by atoms with E-state index in [0.29, 0.717) is 0 Å². The summed E-state index contributed by atoms with van der Waals surface area (Å²) < 4.78 is 37.4. The van der Waals surface area contributed by atoms with Crippen molar-refractivity contribution in [3.8, 4) is 0 Å². The summed E-state index contributed by atoms with van der Waals surface area (Å²) >= 11 is 5.40. The minimum Gasteiger partial charge on any atom is -0.210 e. The van der Waals surface area contributed by atoms with Gasteiger partial charge in [0.15, 0.2) is 0 Å². The van der Waals surface area contributed by atoms with Gasteiger partial charge >= 0.3 is 12.1 Å². The molecular weight excluding hydrogens is 259 g/mol. The molecule has 0 saturated heterocycles. The van der Waals surface area contributed by atoms with Crippen molar-refractivity contribution in [3.63, 3.8) is 0 Å². The Morgan fingerprint density at radius 2 is 2.00 bits per heavy atom. The summed E-state index contributed by atoms with van der Waals surface area (Å²) in [5.41, 5.74) is -0.880. The van der Waals surface area contributed by atoms with Crippen LogP contribution in [0.1, 0.15) is 11.1 Å². The van der Waals surface area contributed by atoms with Crippen molar-refractivity contribution in [1.29, 1.82) is 0 Å². The molecule has 0 unspecified atom stereocenters. The first-order chi connectivity index (χ1) is 7.84. The molecule has 0 aliphatic carbocycles. The Morgan fingerprint density at radius 1 is 1.35 bits per heavy atom. The molecule has 0 aliphatic rings. The van der Waals surface area contributed by atoms with Crippen molar-refractivity contribution in [1.82, 2.24) is 0 Å². The standard InChI is InChI=1S/C10H5ClF3NO2/c11-8-3-1-6(2-4-9(16)15-17)5-7(8)10(12,13)14/h1-5H/p+1/b4-2+. The lowest BCUT2D eigenvalue weighted by atomic mass is 10.1. The molecule has 0 atom stereocenters. The fraction of sp³-hybridized carbons (Fsp3) is 0.100. The Bertz CT molecular complexity index is 483. The minimum atomic E-state index is -4.57. The molecular formula is C10H6ClF3NO2+. The van der Waals surface area contributed by atoms with Gasteiger partial charge in [-0.15, -0.1) is 0 Å². The van der Waals surface area contributed by atoms with Crippen LogP contribution in [0.3, 0.4) is 0 Å². The molecule has 1 N–H and O–H groups in total. The molecule has 0 spiro atoms. The minimum absolute atomic E-state index is 0.116. The van der Waals surface area contributed by atoms with Crippen LogP contribution in [0.2, 0.25) is 5.02 Å². The van der Waals surface area contributed by atoms with Crippen LogP contribution in [0.15, 0.2) is 24.3 Å². The van der Waals surface area contributed by atoms with Crippen molar-refractivity contribution in [2.24, 2.45) is 0 Å². The third kappa shape index (κ3) is 3.67. The number of hydrogen-bond donors (Lipinski definition) is 1. The van der Waals surface area contributed by atoms with Crippen molar-refractivity contribution < 1.29 is 23.1 Å². The van der Waals surface area contributed by atoms with Crippen molar-refractivity contribution in [2.45, 2.75) is 6.18 Å². The van der Waals surface area contributed by atoms with Crippen LogP contribution in [0, 0.1) is 4.91 Å². The fourth-order valence-electron chi connectivity index (χ4n) is 1.07. The highest BCUT2D eigenvalue weighted by Gasteiger charge is 2.33. The Labute approximate surface area is 98.9 Å². The molecule has 90 valence electrons. The van der Waals surface area contributed by atoms with Crippen molar-refractivity contribution in [3.05, 3.63) is 45.3 Å². The molecule has 0 aromatic heterocycles. The number of halogens is 4. The smallest absolute Gasteiger partial charge is 0.210 e. The Balaban J connectivity index is 3.09. The number of rotatable bonds is 2. The van der Waals surface area contributed by atoms with Gasteiger partial charge in [-0.05, 0) is 23.8 Å². The van der Waals surface area contributed by atoms with Crippen LogP contribution >= 0.6 is 11.6 Å². The molecule has 17 heavy (non-hydrogen) atoms. The highest BCUT2D eigenvalue weighted by molar-refractivity contribution is 6.31. The van der Waals surface area contributed by atoms with Crippen LogP contribution in [0.5, 0.6) is 0 Å². The number of carbonyl (C=O) groups is 1. The van der Waals surface area contributed by atoms with Crippen LogP contribution in [-0.4, -0.2) is 5.91 Å². The van der Waals surface area contributed by atoms with Gasteiger partial charge in [0.25, 0.3) is 0 Å². The molecule has 1 amide bonds. The lowest BCUT2D eigenvalue weighted by molar-refractivity contribution is -0.391. The summed E-state index contributed by atoms with van der Waals surface area (Å²) in [5, 5.41) is 0.640. The van der Waals surface area contributed by atoms with Crippen LogP contribution in [0.4, 0.5) is 13.2 Å². The molecule has 0 fully saturated rings. The van der Waals surface area contributed by atoms with E-state index >= 15 is 0 Å². The quantitative estimate of drug-likeness (QED) is 0.827.